The fraction of sp³-hybridized carbons (Fsp3) is 0.179. The van der Waals surface area contributed by atoms with Crippen LogP contribution in [0.4, 0.5) is 5.69 Å². The highest BCUT2D eigenvalue weighted by Gasteiger charge is 2.26. The molecule has 0 bridgehead atoms. The third kappa shape index (κ3) is 6.02. The van der Waals surface area contributed by atoms with E-state index in [2.05, 4.69) is 0 Å². The molecule has 1 heterocycles. The summed E-state index contributed by atoms with van der Waals surface area (Å²) in [6.07, 6.45) is 3.93. The van der Waals surface area contributed by atoms with Gasteiger partial charge < -0.3 is 15.7 Å². The molecule has 0 aliphatic carbocycles. The molecule has 0 spiro atoms. The molecule has 35 heavy (non-hydrogen) atoms. The predicted molar refractivity (Wildman–Crippen MR) is 136 cm³/mol. The first-order chi connectivity index (χ1) is 16.9. The largest absolute Gasteiger partial charge is 0.478 e. The maximum atomic E-state index is 13.2. The molecule has 2 amide bonds. The van der Waals surface area contributed by atoms with Gasteiger partial charge in [0.25, 0.3) is 5.91 Å². The minimum Gasteiger partial charge on any atom is -0.478 e. The summed E-state index contributed by atoms with van der Waals surface area (Å²) < 4.78 is 0. The van der Waals surface area contributed by atoms with Crippen LogP contribution in [-0.2, 0) is 9.59 Å². The van der Waals surface area contributed by atoms with Gasteiger partial charge in [0.2, 0.25) is 5.91 Å². The van der Waals surface area contributed by atoms with Crippen LogP contribution in [0.25, 0.3) is 17.2 Å². The standard InChI is InChI=1S/C28H27N3O4/c29-24-15-16-30(18-24)27(33)19-31(26(32)14-9-20-5-2-1-3-6-20)25-12-10-21(11-13-25)22-7-4-8-23(17-22)28(34)35/h1-14,17,24H,15-16,18-19,29H2,(H,34,35). The Morgan fingerprint density at radius 1 is 0.971 bits per heavy atom. The Hall–Kier alpha value is -4.23. The maximum absolute atomic E-state index is 13.2. The molecule has 0 aromatic heterocycles. The number of nitrogens with zero attached hydrogens (tertiary/aromatic N) is 2. The smallest absolute Gasteiger partial charge is 0.335 e. The third-order valence-electron chi connectivity index (χ3n) is 5.98. The molecule has 3 aromatic rings. The lowest BCUT2D eigenvalue weighted by Gasteiger charge is -2.24. The van der Waals surface area contributed by atoms with Crippen LogP contribution < -0.4 is 10.6 Å². The van der Waals surface area contributed by atoms with Crippen molar-refractivity contribution >= 4 is 29.5 Å². The highest BCUT2D eigenvalue weighted by atomic mass is 16.4. The average Bonchev–Trinajstić information content (AvgIpc) is 3.33. The molecule has 0 radical (unpaired) electrons. The van der Waals surface area contributed by atoms with Gasteiger partial charge in [-0.25, -0.2) is 4.79 Å². The van der Waals surface area contributed by atoms with E-state index in [9.17, 15) is 19.5 Å². The number of benzene rings is 3. The van der Waals surface area contributed by atoms with Crippen LogP contribution >= 0.6 is 0 Å². The van der Waals surface area contributed by atoms with Crippen LogP contribution in [0.2, 0.25) is 0 Å². The van der Waals surface area contributed by atoms with Crippen molar-refractivity contribution in [2.24, 2.45) is 5.73 Å². The number of anilines is 1. The molecule has 7 nitrogen and oxygen atoms in total. The third-order valence-corrected chi connectivity index (χ3v) is 5.98. The van der Waals surface area contributed by atoms with E-state index in [1.807, 2.05) is 48.5 Å². The fourth-order valence-corrected chi connectivity index (χ4v) is 4.03. The van der Waals surface area contributed by atoms with Gasteiger partial charge in [-0.15, -0.1) is 0 Å². The van der Waals surface area contributed by atoms with Crippen LogP contribution in [0, 0.1) is 0 Å². The number of carboxylic acid groups (broad SMARTS) is 1. The second kappa shape index (κ2) is 10.8. The molecule has 178 valence electrons. The van der Waals surface area contributed by atoms with Gasteiger partial charge in [0.15, 0.2) is 0 Å². The van der Waals surface area contributed by atoms with Crippen LogP contribution in [0.5, 0.6) is 0 Å². The molecule has 1 unspecified atom stereocenters. The number of carboxylic acids is 1. The van der Waals surface area contributed by atoms with Crippen LogP contribution in [0.1, 0.15) is 22.3 Å². The van der Waals surface area contributed by atoms with E-state index >= 15 is 0 Å². The first-order valence-corrected chi connectivity index (χ1v) is 11.4. The van der Waals surface area contributed by atoms with E-state index in [0.29, 0.717) is 18.8 Å². The molecule has 7 heteroatoms. The minimum atomic E-state index is -0.995. The topological polar surface area (TPSA) is 104 Å². The van der Waals surface area contributed by atoms with Crippen molar-refractivity contribution in [3.05, 3.63) is 96.1 Å². The Kier molecular flexibility index (Phi) is 7.38. The molecular formula is C28H27N3O4. The molecule has 1 aliphatic heterocycles. The molecule has 3 N–H and O–H groups in total. The second-order valence-electron chi connectivity index (χ2n) is 8.49. The maximum Gasteiger partial charge on any atom is 0.335 e. The highest BCUT2D eigenvalue weighted by Crippen LogP contribution is 2.25. The molecular weight excluding hydrogens is 442 g/mol. The summed E-state index contributed by atoms with van der Waals surface area (Å²) in [7, 11) is 0. The van der Waals surface area contributed by atoms with Crippen LogP contribution in [0.15, 0.2) is 84.9 Å². The molecule has 1 atom stereocenters. The Bertz CT molecular complexity index is 1240. The number of hydrogen-bond acceptors (Lipinski definition) is 4. The van der Waals surface area contributed by atoms with E-state index in [-0.39, 0.29) is 30.0 Å². The van der Waals surface area contributed by atoms with Gasteiger partial charge in [0, 0.05) is 30.9 Å². The Labute approximate surface area is 204 Å². The summed E-state index contributed by atoms with van der Waals surface area (Å²) in [4.78, 5) is 40.6. The molecule has 1 aliphatic rings. The zero-order valence-electron chi connectivity index (χ0n) is 19.2. The van der Waals surface area contributed by atoms with Crippen LogP contribution in [-0.4, -0.2) is 53.5 Å². The van der Waals surface area contributed by atoms with E-state index in [0.717, 1.165) is 23.1 Å². The quantitative estimate of drug-likeness (QED) is 0.514. The van der Waals surface area contributed by atoms with Crippen molar-refractivity contribution in [3.8, 4) is 11.1 Å². The number of aromatic carboxylic acids is 1. The molecule has 1 fully saturated rings. The molecule has 3 aromatic carbocycles. The lowest BCUT2D eigenvalue weighted by Crippen LogP contribution is -2.42. The number of likely N-dealkylation sites (tertiary alicyclic amines) is 1. The van der Waals surface area contributed by atoms with Crippen molar-refractivity contribution in [1.82, 2.24) is 4.90 Å². The number of rotatable bonds is 7. The molecule has 4 rings (SSSR count). The van der Waals surface area contributed by atoms with Crippen molar-refractivity contribution in [2.45, 2.75) is 12.5 Å². The van der Waals surface area contributed by atoms with Crippen LogP contribution in [0.3, 0.4) is 0 Å². The Balaban J connectivity index is 1.59. The van der Waals surface area contributed by atoms with Crippen molar-refractivity contribution in [2.75, 3.05) is 24.5 Å². The Morgan fingerprint density at radius 2 is 1.71 bits per heavy atom. The SMILES string of the molecule is NC1CCN(C(=O)CN(C(=O)C=Cc2ccccc2)c2ccc(-c3cccc(C(=O)O)c3)cc2)C1. The summed E-state index contributed by atoms with van der Waals surface area (Å²) in [5, 5.41) is 9.26. The second-order valence-corrected chi connectivity index (χ2v) is 8.49. The van der Waals surface area contributed by atoms with Gasteiger partial charge in [0.05, 0.1) is 5.56 Å². The monoisotopic (exact) mass is 469 g/mol. The number of amides is 2. The van der Waals surface area contributed by atoms with Crippen molar-refractivity contribution in [1.29, 1.82) is 0 Å². The fourth-order valence-electron chi connectivity index (χ4n) is 4.03. The van der Waals surface area contributed by atoms with Crippen molar-refractivity contribution < 1.29 is 19.5 Å². The van der Waals surface area contributed by atoms with Gasteiger partial charge in [-0.2, -0.15) is 0 Å². The van der Waals surface area contributed by atoms with E-state index < -0.39 is 5.97 Å². The predicted octanol–water partition coefficient (Wildman–Crippen LogP) is 3.66. The average molecular weight is 470 g/mol. The van der Waals surface area contributed by atoms with E-state index in [1.54, 1.807) is 35.2 Å². The van der Waals surface area contributed by atoms with Crippen molar-refractivity contribution in [3.63, 3.8) is 0 Å². The first-order valence-electron chi connectivity index (χ1n) is 11.4. The normalized spacial score (nSPS) is 15.3. The van der Waals surface area contributed by atoms with Gasteiger partial charge in [0.1, 0.15) is 6.54 Å². The number of nitrogens with two attached hydrogens (primary N) is 1. The summed E-state index contributed by atoms with van der Waals surface area (Å²) in [5.74, 6) is -1.46. The highest BCUT2D eigenvalue weighted by molar-refractivity contribution is 6.07. The zero-order chi connectivity index (χ0) is 24.8. The van der Waals surface area contributed by atoms with Gasteiger partial charge >= 0.3 is 5.97 Å². The number of carbonyl (C=O) groups is 3. The van der Waals surface area contributed by atoms with E-state index in [4.69, 9.17) is 5.73 Å². The van der Waals surface area contributed by atoms with Gasteiger partial charge in [-0.1, -0.05) is 54.6 Å². The van der Waals surface area contributed by atoms with Gasteiger partial charge in [-0.05, 0) is 53.5 Å². The Morgan fingerprint density at radius 3 is 2.37 bits per heavy atom. The summed E-state index contributed by atoms with van der Waals surface area (Å²) in [6.45, 7) is 0.971. The number of carbonyl (C=O) groups excluding carboxylic acids is 2. The molecule has 0 saturated carbocycles. The summed E-state index contributed by atoms with van der Waals surface area (Å²) >= 11 is 0. The summed E-state index contributed by atoms with van der Waals surface area (Å²) in [6, 6.07) is 23.2. The minimum absolute atomic E-state index is 0.0399. The lowest BCUT2D eigenvalue weighted by molar-refractivity contribution is -0.130. The number of hydrogen-bond donors (Lipinski definition) is 2. The lowest BCUT2D eigenvalue weighted by atomic mass is 10.0. The van der Waals surface area contributed by atoms with Gasteiger partial charge in [-0.3, -0.25) is 14.5 Å². The van der Waals surface area contributed by atoms with E-state index in [1.165, 1.54) is 17.0 Å². The molecule has 1 saturated heterocycles. The summed E-state index contributed by atoms with van der Waals surface area (Å²) in [5.41, 5.74) is 9.16. The first kappa shape index (κ1) is 23.9. The zero-order valence-corrected chi connectivity index (χ0v) is 19.2.